The second kappa shape index (κ2) is 12.3. The highest BCUT2D eigenvalue weighted by Crippen LogP contribution is 2.22. The van der Waals surface area contributed by atoms with Crippen LogP contribution >= 0.6 is 0 Å². The fourth-order valence-electron chi connectivity index (χ4n) is 3.97. The van der Waals surface area contributed by atoms with Crippen LogP contribution in [-0.2, 0) is 20.0 Å². The minimum atomic E-state index is -3.38. The Morgan fingerprint density at radius 3 is 0.853 bits per heavy atom. The third kappa shape index (κ3) is 7.63. The van der Waals surface area contributed by atoms with E-state index >= 15 is 0 Å². The zero-order valence-corrected chi connectivity index (χ0v) is 23.9. The first-order chi connectivity index (χ1) is 15.5. The van der Waals surface area contributed by atoms with Gasteiger partial charge in [0.1, 0.15) is 0 Å². The van der Waals surface area contributed by atoms with Crippen LogP contribution in [0, 0.1) is 13.8 Å². The lowest BCUT2D eigenvalue weighted by Crippen LogP contribution is -2.41. The van der Waals surface area contributed by atoms with Crippen molar-refractivity contribution in [2.45, 2.75) is 103 Å². The van der Waals surface area contributed by atoms with Gasteiger partial charge in [0.2, 0.25) is 20.0 Å². The van der Waals surface area contributed by atoms with E-state index in [-0.39, 0.29) is 24.2 Å². The highest BCUT2D eigenvalue weighted by Gasteiger charge is 2.30. The molecule has 0 N–H and O–H groups in total. The molecule has 6 nitrogen and oxygen atoms in total. The minimum absolute atomic E-state index is 0.0405. The Hall–Kier alpha value is -1.74. The van der Waals surface area contributed by atoms with E-state index in [0.717, 1.165) is 11.1 Å². The normalized spacial score (nSPS) is 12.7. The van der Waals surface area contributed by atoms with Gasteiger partial charge >= 0.3 is 0 Å². The summed E-state index contributed by atoms with van der Waals surface area (Å²) in [6.07, 6.45) is 0. The van der Waals surface area contributed by atoms with Crippen LogP contribution in [0.4, 0.5) is 0 Å². The quantitative estimate of drug-likeness (QED) is 0.463. The molecule has 2 aromatic rings. The molecule has 0 bridgehead atoms. The zero-order chi connectivity index (χ0) is 26.4. The summed E-state index contributed by atoms with van der Waals surface area (Å²) in [6.45, 7) is 19.0. The standard InChI is InChI=1S/2C13H21NO2S/c2*1-10(2)14(11(3)4)17(15,16)13-8-6-12(5)7-9-13/h2*6-11H,1-5H3. The molecule has 0 amide bonds. The zero-order valence-electron chi connectivity index (χ0n) is 22.3. The van der Waals surface area contributed by atoms with E-state index in [1.165, 1.54) is 8.61 Å². The third-order valence-corrected chi connectivity index (χ3v) is 9.76. The van der Waals surface area contributed by atoms with Gasteiger partial charge < -0.3 is 0 Å². The smallest absolute Gasteiger partial charge is 0.207 e. The summed E-state index contributed by atoms with van der Waals surface area (Å²) in [6, 6.07) is 13.8. The van der Waals surface area contributed by atoms with Gasteiger partial charge in [-0.25, -0.2) is 16.8 Å². The molecule has 0 saturated heterocycles. The first-order valence-corrected chi connectivity index (χ1v) is 14.6. The fraction of sp³-hybridized carbons (Fsp3) is 0.538. The highest BCUT2D eigenvalue weighted by atomic mass is 32.2. The molecule has 0 aromatic heterocycles. The molecule has 2 rings (SSSR count). The molecule has 192 valence electrons. The highest BCUT2D eigenvalue weighted by molar-refractivity contribution is 7.89. The lowest BCUT2D eigenvalue weighted by Gasteiger charge is -2.29. The van der Waals surface area contributed by atoms with Gasteiger partial charge in [0, 0.05) is 24.2 Å². The largest absolute Gasteiger partial charge is 0.243 e. The minimum Gasteiger partial charge on any atom is -0.207 e. The summed E-state index contributed by atoms with van der Waals surface area (Å²) in [4.78, 5) is 0.732. The number of benzene rings is 2. The van der Waals surface area contributed by atoms with Crippen molar-refractivity contribution in [1.82, 2.24) is 8.61 Å². The van der Waals surface area contributed by atoms with Crippen molar-refractivity contribution in [2.75, 3.05) is 0 Å². The molecule has 0 aliphatic rings. The van der Waals surface area contributed by atoms with Crippen molar-refractivity contribution in [3.05, 3.63) is 59.7 Å². The van der Waals surface area contributed by atoms with Crippen LogP contribution in [0.25, 0.3) is 0 Å². The monoisotopic (exact) mass is 510 g/mol. The summed E-state index contributed by atoms with van der Waals surface area (Å²) >= 11 is 0. The number of nitrogens with zero attached hydrogens (tertiary/aromatic N) is 2. The molecular weight excluding hydrogens is 468 g/mol. The average molecular weight is 511 g/mol. The second-order valence-corrected chi connectivity index (χ2v) is 13.4. The van der Waals surface area contributed by atoms with Gasteiger partial charge in [0.15, 0.2) is 0 Å². The Bertz CT molecular complexity index is 997. The van der Waals surface area contributed by atoms with Gasteiger partial charge in [-0.05, 0) is 93.5 Å². The Morgan fingerprint density at radius 2 is 0.676 bits per heavy atom. The Kier molecular flexibility index (Phi) is 10.9. The molecular formula is C26H42N2O4S2. The first-order valence-electron chi connectivity index (χ1n) is 11.7. The van der Waals surface area contributed by atoms with E-state index in [2.05, 4.69) is 0 Å². The molecule has 2 aromatic carbocycles. The Labute approximate surface area is 208 Å². The number of hydrogen-bond donors (Lipinski definition) is 0. The fourth-order valence-corrected chi connectivity index (χ4v) is 7.63. The van der Waals surface area contributed by atoms with Crippen molar-refractivity contribution in [3.8, 4) is 0 Å². The molecule has 0 fully saturated rings. The SMILES string of the molecule is Cc1ccc(S(=O)(=O)N(C(C)C)C(C)C)cc1.Cc1ccc(S(=O)(=O)N(C(C)C)C(C)C)cc1. The average Bonchev–Trinajstić information content (AvgIpc) is 2.67. The Morgan fingerprint density at radius 1 is 0.471 bits per heavy atom. The summed E-state index contributed by atoms with van der Waals surface area (Å²) in [5.41, 5.74) is 2.12. The predicted molar refractivity (Wildman–Crippen MR) is 141 cm³/mol. The van der Waals surface area contributed by atoms with Gasteiger partial charge in [-0.1, -0.05) is 35.4 Å². The van der Waals surface area contributed by atoms with Crippen LogP contribution in [-0.4, -0.2) is 49.6 Å². The molecule has 0 radical (unpaired) electrons. The maximum atomic E-state index is 12.5. The van der Waals surface area contributed by atoms with Crippen molar-refractivity contribution in [1.29, 1.82) is 0 Å². The van der Waals surface area contributed by atoms with Crippen LogP contribution in [0.3, 0.4) is 0 Å². The van der Waals surface area contributed by atoms with E-state index in [1.54, 1.807) is 24.3 Å². The second-order valence-electron chi connectivity index (χ2n) is 9.67. The molecule has 0 spiro atoms. The van der Waals surface area contributed by atoms with Crippen LogP contribution in [0.15, 0.2) is 58.3 Å². The van der Waals surface area contributed by atoms with Gasteiger partial charge in [0.05, 0.1) is 9.79 Å². The van der Waals surface area contributed by atoms with E-state index in [9.17, 15) is 16.8 Å². The van der Waals surface area contributed by atoms with Crippen molar-refractivity contribution in [3.63, 3.8) is 0 Å². The molecule has 34 heavy (non-hydrogen) atoms. The number of sulfonamides is 2. The lowest BCUT2D eigenvalue weighted by atomic mass is 10.2. The van der Waals surface area contributed by atoms with E-state index < -0.39 is 20.0 Å². The molecule has 0 heterocycles. The summed E-state index contributed by atoms with van der Waals surface area (Å²) < 4.78 is 52.9. The molecule has 8 heteroatoms. The van der Waals surface area contributed by atoms with Crippen LogP contribution in [0.5, 0.6) is 0 Å². The van der Waals surface area contributed by atoms with Crippen molar-refractivity contribution < 1.29 is 16.8 Å². The predicted octanol–water partition coefficient (Wildman–Crippen LogP) is 5.61. The number of aryl methyl sites for hydroxylation is 2. The van der Waals surface area contributed by atoms with Gasteiger partial charge in [-0.3, -0.25) is 0 Å². The molecule has 0 saturated carbocycles. The van der Waals surface area contributed by atoms with E-state index in [0.29, 0.717) is 9.79 Å². The molecule has 0 atom stereocenters. The lowest BCUT2D eigenvalue weighted by molar-refractivity contribution is 0.301. The number of hydrogen-bond acceptors (Lipinski definition) is 4. The van der Waals surface area contributed by atoms with Crippen molar-refractivity contribution in [2.24, 2.45) is 0 Å². The maximum absolute atomic E-state index is 12.5. The van der Waals surface area contributed by atoms with E-state index in [1.807, 2.05) is 93.5 Å². The maximum Gasteiger partial charge on any atom is 0.243 e. The van der Waals surface area contributed by atoms with Crippen molar-refractivity contribution >= 4 is 20.0 Å². The third-order valence-electron chi connectivity index (χ3n) is 5.23. The van der Waals surface area contributed by atoms with E-state index in [4.69, 9.17) is 0 Å². The molecule has 0 unspecified atom stereocenters. The molecule has 0 aliphatic heterocycles. The van der Waals surface area contributed by atoms with Gasteiger partial charge in [0.25, 0.3) is 0 Å². The summed E-state index contributed by atoms with van der Waals surface area (Å²) in [5, 5.41) is 0. The Balaban J connectivity index is 0.000000340. The summed E-state index contributed by atoms with van der Waals surface area (Å²) in [5.74, 6) is 0. The summed E-state index contributed by atoms with van der Waals surface area (Å²) in [7, 11) is -6.77. The van der Waals surface area contributed by atoms with Gasteiger partial charge in [-0.15, -0.1) is 0 Å². The van der Waals surface area contributed by atoms with Gasteiger partial charge in [-0.2, -0.15) is 8.61 Å². The van der Waals surface area contributed by atoms with Crippen LogP contribution in [0.1, 0.15) is 66.5 Å². The first kappa shape index (κ1) is 30.3. The topological polar surface area (TPSA) is 74.8 Å². The van der Waals surface area contributed by atoms with Crippen LogP contribution < -0.4 is 0 Å². The number of rotatable bonds is 8. The van der Waals surface area contributed by atoms with Crippen LogP contribution in [0.2, 0.25) is 0 Å². The molecule has 0 aliphatic carbocycles.